The van der Waals surface area contributed by atoms with E-state index in [0.717, 1.165) is 54.3 Å². The van der Waals surface area contributed by atoms with Gasteiger partial charge in [-0.05, 0) is 66.9 Å². The Hall–Kier alpha value is -3.58. The predicted molar refractivity (Wildman–Crippen MR) is 263 cm³/mol. The quantitative estimate of drug-likeness (QED) is 0.0561. The maximum atomic E-state index is 14.5. The molecule has 8 rings (SSSR count). The molecule has 2 atom stereocenters. The zero-order valence-corrected chi connectivity index (χ0v) is 42.9. The Kier molecular flexibility index (Phi) is 16.2. The minimum atomic E-state index is -5.95. The van der Waals surface area contributed by atoms with Crippen molar-refractivity contribution in [2.45, 2.75) is 76.6 Å². The Bertz CT molecular complexity index is 2810. The largest absolute Gasteiger partial charge is 0.299 e. The second kappa shape index (κ2) is 22.2. The van der Waals surface area contributed by atoms with Gasteiger partial charge in [0.25, 0.3) is 0 Å². The van der Waals surface area contributed by atoms with Crippen LogP contribution in [0.5, 0.6) is 0 Å². The van der Waals surface area contributed by atoms with Gasteiger partial charge in [-0.1, -0.05) is 29.8 Å². The molecule has 2 saturated heterocycles. The zero-order chi connectivity index (χ0) is 49.0. The number of hydrogen-bond acceptors (Lipinski definition) is 11. The number of aromatic nitrogens is 2. The molecule has 0 saturated carbocycles. The average molecular weight is 1080 g/mol. The van der Waals surface area contributed by atoms with Crippen molar-refractivity contribution in [3.63, 3.8) is 0 Å². The number of sulfone groups is 1. The van der Waals surface area contributed by atoms with E-state index in [0.29, 0.717) is 80.1 Å². The minimum Gasteiger partial charge on any atom is -0.299 e. The molecule has 0 radical (unpaired) electrons. The Balaban J connectivity index is 0.965. The van der Waals surface area contributed by atoms with Crippen LogP contribution >= 0.6 is 23.4 Å². The van der Waals surface area contributed by atoms with E-state index in [1.807, 2.05) is 47.4 Å². The van der Waals surface area contributed by atoms with Crippen molar-refractivity contribution in [1.29, 1.82) is 0 Å². The summed E-state index contributed by atoms with van der Waals surface area (Å²) in [7, 11) is -10.6. The fraction of sp³-hybridized carbons (Fsp3) is 0.417. The van der Waals surface area contributed by atoms with Crippen molar-refractivity contribution in [3.05, 3.63) is 125 Å². The number of likely N-dealkylation sites (tertiary alicyclic amines) is 1. The number of alkyl halides is 3. The summed E-state index contributed by atoms with van der Waals surface area (Å²) in [5, 5.41) is 0.605. The summed E-state index contributed by atoms with van der Waals surface area (Å²) >= 11 is 6.13. The third-order valence-corrected chi connectivity index (χ3v) is 21.6. The SMILES string of the molecule is [2H]C1(N2CCc3c(ncnc3NS(=O)(=O)c3ccc([AsH]C(CCN4CCN(CC)CC4)CSc4ccccc4)c(S(=O)(=O)C(F)(F)F)c3)C2)CCN(Cc2cc(F)ccc2-c2ccc(Cl)cc2)CC1. The number of nitrogens with one attached hydrogen (secondary N) is 1. The standard InChI is InChI=1S/C48H55AsClF4N7O4S3/c1-2-58-24-26-59(27-25-58)20-16-36(32-66-40-6-4-3-5-7-40)49-44-15-13-41(29-46(44)67(62,63)48(52,53)54)68(64,65)57-47-43-19-23-61(31-45(43)55-33-56-47)39-17-21-60(22-18-39)30-35-28-38(51)12-14-42(35)34-8-10-37(50)11-9-34/h3-15,28-29,33,36,39,49H,2,16-27,30-32H2,1H3,(H,55,56,57)/i39D. The van der Waals surface area contributed by atoms with Crippen LogP contribution in [0.3, 0.4) is 0 Å². The maximum Gasteiger partial charge on any atom is 0.123 e. The summed E-state index contributed by atoms with van der Waals surface area (Å²) < 4.78 is 124. The number of anilines is 1. The molecule has 11 nitrogen and oxygen atoms in total. The molecule has 0 aliphatic carbocycles. The van der Waals surface area contributed by atoms with Gasteiger partial charge in [-0.25, -0.2) is 4.39 Å². The Labute approximate surface area is 414 Å². The fourth-order valence-corrected chi connectivity index (χ4v) is 16.6. The van der Waals surface area contributed by atoms with Crippen LogP contribution in [-0.4, -0.2) is 138 Å². The molecule has 3 aliphatic heterocycles. The smallest absolute Gasteiger partial charge is 0.123 e. The third-order valence-electron chi connectivity index (χ3n) is 12.9. The Morgan fingerprint density at radius 1 is 0.882 bits per heavy atom. The van der Waals surface area contributed by atoms with E-state index in [4.69, 9.17) is 11.6 Å². The molecular formula is C48H55AsClF4N7O4S3. The number of likely N-dealkylation sites (N-methyl/N-ethyl adjacent to an activating group) is 1. The molecule has 68 heavy (non-hydrogen) atoms. The van der Waals surface area contributed by atoms with Gasteiger partial charge in [0, 0.05) is 12.9 Å². The number of fused-ring (bicyclic) bond motifs is 1. The maximum absolute atomic E-state index is 14.5. The molecule has 20 heteroatoms. The van der Waals surface area contributed by atoms with Crippen LogP contribution in [0.4, 0.5) is 23.4 Å². The first-order chi connectivity index (χ1) is 32.9. The van der Waals surface area contributed by atoms with Crippen LogP contribution in [0.1, 0.15) is 44.4 Å². The van der Waals surface area contributed by atoms with Crippen molar-refractivity contribution in [1.82, 2.24) is 29.6 Å². The summed E-state index contributed by atoms with van der Waals surface area (Å²) in [6.07, 6.45) is 3.10. The van der Waals surface area contributed by atoms with Crippen LogP contribution < -0.4 is 9.07 Å². The molecule has 5 aromatic rings. The van der Waals surface area contributed by atoms with Gasteiger partial charge in [0.1, 0.15) is 5.82 Å². The van der Waals surface area contributed by atoms with E-state index >= 15 is 0 Å². The van der Waals surface area contributed by atoms with Gasteiger partial charge in [0.15, 0.2) is 0 Å². The Morgan fingerprint density at radius 3 is 2.31 bits per heavy atom. The molecular weight excluding hydrogens is 1020 g/mol. The number of nitrogens with zero attached hydrogens (tertiary/aromatic N) is 6. The third kappa shape index (κ3) is 12.5. The zero-order valence-electron chi connectivity index (χ0n) is 38.6. The fourth-order valence-electron chi connectivity index (χ4n) is 8.96. The summed E-state index contributed by atoms with van der Waals surface area (Å²) in [6, 6.07) is 23.9. The summed E-state index contributed by atoms with van der Waals surface area (Å²) in [4.78, 5) is 16.9. The normalized spacial score (nSPS) is 18.6. The second-order valence-corrected chi connectivity index (χ2v) is 25.8. The molecule has 2 fully saturated rings. The molecule has 0 spiro atoms. The number of halogens is 5. The molecule has 4 heterocycles. The number of hydrogen-bond donors (Lipinski definition) is 1. The van der Waals surface area contributed by atoms with Crippen molar-refractivity contribution in [2.75, 3.05) is 69.4 Å². The van der Waals surface area contributed by atoms with E-state index in [-0.39, 0.29) is 33.7 Å². The van der Waals surface area contributed by atoms with E-state index in [2.05, 4.69) is 36.3 Å². The van der Waals surface area contributed by atoms with Crippen molar-refractivity contribution in [2.24, 2.45) is 0 Å². The molecule has 3 aliphatic rings. The molecule has 1 aromatic heterocycles. The van der Waals surface area contributed by atoms with Crippen LogP contribution in [0, 0.1) is 5.82 Å². The number of piperidine rings is 1. The molecule has 2 unspecified atom stereocenters. The predicted octanol–water partition coefficient (Wildman–Crippen LogP) is 7.72. The number of benzene rings is 4. The van der Waals surface area contributed by atoms with Gasteiger partial charge in [-0.2, -0.15) is 0 Å². The first-order valence-electron chi connectivity index (χ1n) is 23.1. The summed E-state index contributed by atoms with van der Waals surface area (Å²) in [5.41, 5.74) is -2.02. The van der Waals surface area contributed by atoms with Crippen LogP contribution in [-0.2, 0) is 39.4 Å². The minimum absolute atomic E-state index is 0.0204. The molecule has 4 aromatic carbocycles. The van der Waals surface area contributed by atoms with Crippen molar-refractivity contribution in [3.8, 4) is 11.1 Å². The average Bonchev–Trinajstić information content (AvgIpc) is 3.33. The molecule has 1 N–H and O–H groups in total. The van der Waals surface area contributed by atoms with Crippen LogP contribution in [0.15, 0.2) is 112 Å². The Morgan fingerprint density at radius 2 is 1.60 bits per heavy atom. The molecule has 0 bridgehead atoms. The number of sulfonamides is 1. The van der Waals surface area contributed by atoms with Crippen LogP contribution in [0.25, 0.3) is 11.1 Å². The van der Waals surface area contributed by atoms with E-state index in [9.17, 15) is 35.8 Å². The monoisotopic (exact) mass is 1080 g/mol. The number of thioether (sulfide) groups is 1. The van der Waals surface area contributed by atoms with Gasteiger partial charge < -0.3 is 0 Å². The number of piperazine rings is 1. The van der Waals surface area contributed by atoms with Gasteiger partial charge >= 0.3 is 292 Å². The summed E-state index contributed by atoms with van der Waals surface area (Å²) in [5.74, 6) is 0.167. The van der Waals surface area contributed by atoms with Gasteiger partial charge in [0.2, 0.25) is 0 Å². The van der Waals surface area contributed by atoms with E-state index < -0.39 is 56.9 Å². The van der Waals surface area contributed by atoms with Gasteiger partial charge in [0.05, 0.1) is 0 Å². The number of rotatable bonds is 17. The first-order valence-corrected chi connectivity index (χ1v) is 29.2. The van der Waals surface area contributed by atoms with Crippen molar-refractivity contribution >= 4 is 69.1 Å². The summed E-state index contributed by atoms with van der Waals surface area (Å²) in [6.45, 7) is 9.63. The molecule has 0 amide bonds. The van der Waals surface area contributed by atoms with Crippen LogP contribution in [0.2, 0.25) is 9.73 Å². The first kappa shape index (κ1) is 49.4. The topological polar surface area (TPSA) is 119 Å². The van der Waals surface area contributed by atoms with Gasteiger partial charge in [-0.3, -0.25) is 4.90 Å². The van der Waals surface area contributed by atoms with E-state index in [1.54, 1.807) is 36.0 Å². The van der Waals surface area contributed by atoms with Gasteiger partial charge in [-0.15, -0.1) is 0 Å². The second-order valence-electron chi connectivity index (χ2n) is 17.2. The van der Waals surface area contributed by atoms with E-state index in [1.165, 1.54) is 24.5 Å². The molecule has 364 valence electrons. The van der Waals surface area contributed by atoms with Crippen molar-refractivity contribution < 1.29 is 35.8 Å².